The Balaban J connectivity index is 2.63. The maximum absolute atomic E-state index is 11.2. The van der Waals surface area contributed by atoms with Crippen molar-refractivity contribution in [2.24, 2.45) is 0 Å². The third kappa shape index (κ3) is 3.67. The summed E-state index contributed by atoms with van der Waals surface area (Å²) in [5, 5.41) is 17.7. The van der Waals surface area contributed by atoms with E-state index < -0.39 is 5.43 Å². The van der Waals surface area contributed by atoms with Gasteiger partial charge in [0.05, 0.1) is 6.54 Å². The Morgan fingerprint density at radius 1 is 1.50 bits per heavy atom. The lowest BCUT2D eigenvalue weighted by Gasteiger charge is -2.18. The molecule has 0 atom stereocenters. The molecule has 0 aliphatic carbocycles. The summed E-state index contributed by atoms with van der Waals surface area (Å²) in [6.45, 7) is 4.21. The molecule has 0 aliphatic rings. The molecule has 0 saturated heterocycles. The predicted octanol–water partition coefficient (Wildman–Crippen LogP) is 0.550. The highest BCUT2D eigenvalue weighted by Crippen LogP contribution is 2.06. The molecule has 0 spiro atoms. The van der Waals surface area contributed by atoms with E-state index in [9.17, 15) is 4.79 Å². The molecule has 0 fully saturated rings. The van der Waals surface area contributed by atoms with Crippen molar-refractivity contribution in [3.8, 4) is 5.75 Å². The van der Waals surface area contributed by atoms with Gasteiger partial charge in [-0.15, -0.1) is 0 Å². The molecule has 0 aliphatic heterocycles. The number of aliphatic hydroxyl groups excluding tert-OH is 1. The number of nitrogens with zero attached hydrogens (tertiary/aromatic N) is 1. The van der Waals surface area contributed by atoms with Crippen molar-refractivity contribution >= 4 is 0 Å². The van der Waals surface area contributed by atoms with E-state index >= 15 is 0 Å². The van der Waals surface area contributed by atoms with Gasteiger partial charge in [0.2, 0.25) is 5.43 Å². The molecule has 5 nitrogen and oxygen atoms in total. The largest absolute Gasteiger partial charge is 0.502 e. The van der Waals surface area contributed by atoms with E-state index in [4.69, 9.17) is 14.6 Å². The lowest BCUT2D eigenvalue weighted by Crippen LogP contribution is -2.25. The number of hydrogen-bond donors (Lipinski definition) is 2. The minimum Gasteiger partial charge on any atom is -0.502 e. The molecule has 2 N–H and O–H groups in total. The van der Waals surface area contributed by atoms with Crippen LogP contribution in [0, 0.1) is 0 Å². The van der Waals surface area contributed by atoms with Gasteiger partial charge in [0.1, 0.15) is 12.0 Å². The van der Waals surface area contributed by atoms with E-state index in [1.807, 2.05) is 11.8 Å². The lowest BCUT2D eigenvalue weighted by atomic mass is 10.3. The van der Waals surface area contributed by atoms with Crippen molar-refractivity contribution in [2.45, 2.75) is 19.9 Å². The highest BCUT2D eigenvalue weighted by molar-refractivity contribution is 5.15. The van der Waals surface area contributed by atoms with Crippen molar-refractivity contribution in [1.82, 2.24) is 4.90 Å². The Morgan fingerprint density at radius 3 is 2.81 bits per heavy atom. The maximum Gasteiger partial charge on any atom is 0.226 e. The molecule has 0 unspecified atom stereocenters. The van der Waals surface area contributed by atoms with E-state index in [0.717, 1.165) is 19.4 Å². The maximum atomic E-state index is 11.2. The van der Waals surface area contributed by atoms with E-state index in [0.29, 0.717) is 18.7 Å². The summed E-state index contributed by atoms with van der Waals surface area (Å²) >= 11 is 0. The predicted molar refractivity (Wildman–Crippen MR) is 59.3 cm³/mol. The van der Waals surface area contributed by atoms with Gasteiger partial charge in [-0.25, -0.2) is 0 Å². The molecule has 16 heavy (non-hydrogen) atoms. The van der Waals surface area contributed by atoms with E-state index in [-0.39, 0.29) is 12.4 Å². The normalized spacial score (nSPS) is 10.9. The fourth-order valence-corrected chi connectivity index (χ4v) is 1.39. The molecular weight excluding hydrogens is 210 g/mol. The molecule has 0 aromatic carbocycles. The first kappa shape index (κ1) is 12.7. The Labute approximate surface area is 93.9 Å². The average molecular weight is 227 g/mol. The summed E-state index contributed by atoms with van der Waals surface area (Å²) in [4.78, 5) is 13.2. The molecule has 90 valence electrons. The molecule has 0 radical (unpaired) electrons. The number of hydrogen-bond acceptors (Lipinski definition) is 5. The van der Waals surface area contributed by atoms with E-state index in [2.05, 4.69) is 0 Å². The smallest absolute Gasteiger partial charge is 0.226 e. The van der Waals surface area contributed by atoms with Crippen LogP contribution in [0.2, 0.25) is 0 Å². The Morgan fingerprint density at radius 2 is 2.25 bits per heavy atom. The minimum absolute atomic E-state index is 0.149. The third-order valence-corrected chi connectivity index (χ3v) is 2.33. The summed E-state index contributed by atoms with van der Waals surface area (Å²) in [5.41, 5.74) is -0.431. The molecular formula is C11H17NO4. The summed E-state index contributed by atoms with van der Waals surface area (Å²) in [7, 11) is 0. The molecule has 0 saturated carbocycles. The first-order valence-electron chi connectivity index (χ1n) is 5.31. The molecule has 1 rings (SSSR count). The van der Waals surface area contributed by atoms with Crippen LogP contribution in [-0.4, -0.2) is 34.8 Å². The first-order chi connectivity index (χ1) is 7.67. The van der Waals surface area contributed by atoms with Crippen molar-refractivity contribution in [3.05, 3.63) is 28.3 Å². The zero-order valence-electron chi connectivity index (χ0n) is 9.35. The van der Waals surface area contributed by atoms with Crippen LogP contribution in [0.15, 0.2) is 21.5 Å². The summed E-state index contributed by atoms with van der Waals surface area (Å²) in [6.07, 6.45) is 1.74. The number of rotatable bonds is 6. The molecule has 0 amide bonds. The highest BCUT2D eigenvalue weighted by Gasteiger charge is 2.07. The van der Waals surface area contributed by atoms with Crippen LogP contribution < -0.4 is 5.43 Å². The van der Waals surface area contributed by atoms with Crippen LogP contribution in [0.4, 0.5) is 0 Å². The Hall–Kier alpha value is -1.33. The standard InChI is InChI=1S/C11H17NO4/c1-2-12(4-3-5-13)7-9-6-10(14)11(15)8-16-9/h6,8,13,15H,2-5,7H2,1H3. The zero-order valence-corrected chi connectivity index (χ0v) is 9.35. The second-order valence-corrected chi connectivity index (χ2v) is 3.54. The summed E-state index contributed by atoms with van der Waals surface area (Å²) in [5.74, 6) is 0.143. The fourth-order valence-electron chi connectivity index (χ4n) is 1.39. The summed E-state index contributed by atoms with van der Waals surface area (Å²) < 4.78 is 5.10. The van der Waals surface area contributed by atoms with Gasteiger partial charge in [0.25, 0.3) is 0 Å². The van der Waals surface area contributed by atoms with Crippen LogP contribution in [0.5, 0.6) is 5.75 Å². The topological polar surface area (TPSA) is 73.9 Å². The average Bonchev–Trinajstić information content (AvgIpc) is 2.29. The first-order valence-corrected chi connectivity index (χ1v) is 5.31. The Kier molecular flexibility index (Phi) is 5.01. The van der Waals surface area contributed by atoms with Gasteiger partial charge in [0.15, 0.2) is 5.75 Å². The van der Waals surface area contributed by atoms with Gasteiger partial charge in [-0.1, -0.05) is 6.92 Å². The minimum atomic E-state index is -0.431. The number of aromatic hydroxyl groups is 1. The second-order valence-electron chi connectivity index (χ2n) is 3.54. The van der Waals surface area contributed by atoms with Crippen LogP contribution in [0.25, 0.3) is 0 Å². The van der Waals surface area contributed by atoms with Gasteiger partial charge < -0.3 is 14.6 Å². The van der Waals surface area contributed by atoms with Crippen LogP contribution in [-0.2, 0) is 6.54 Å². The third-order valence-electron chi connectivity index (χ3n) is 2.33. The molecule has 1 aromatic heterocycles. The number of aliphatic hydroxyl groups is 1. The highest BCUT2D eigenvalue weighted by atomic mass is 16.4. The van der Waals surface area contributed by atoms with Crippen molar-refractivity contribution < 1.29 is 14.6 Å². The van der Waals surface area contributed by atoms with Crippen LogP contribution >= 0.6 is 0 Å². The van der Waals surface area contributed by atoms with Crippen molar-refractivity contribution in [1.29, 1.82) is 0 Å². The van der Waals surface area contributed by atoms with E-state index in [1.54, 1.807) is 0 Å². The zero-order chi connectivity index (χ0) is 12.0. The van der Waals surface area contributed by atoms with Gasteiger partial charge in [-0.05, 0) is 13.0 Å². The Bertz CT molecular complexity index is 374. The molecule has 1 aromatic rings. The quantitative estimate of drug-likeness (QED) is 0.742. The molecule has 1 heterocycles. The fraction of sp³-hybridized carbons (Fsp3) is 0.545. The van der Waals surface area contributed by atoms with Gasteiger partial charge in [-0.2, -0.15) is 0 Å². The monoisotopic (exact) mass is 227 g/mol. The summed E-state index contributed by atoms with van der Waals surface area (Å²) in [6, 6.07) is 1.29. The van der Waals surface area contributed by atoms with Gasteiger partial charge >= 0.3 is 0 Å². The molecule has 5 heteroatoms. The SMILES string of the molecule is CCN(CCCO)Cc1cc(=O)c(O)co1. The van der Waals surface area contributed by atoms with Gasteiger partial charge in [-0.3, -0.25) is 9.69 Å². The van der Waals surface area contributed by atoms with Gasteiger partial charge in [0, 0.05) is 19.2 Å². The van der Waals surface area contributed by atoms with E-state index in [1.165, 1.54) is 6.07 Å². The van der Waals surface area contributed by atoms with Crippen LogP contribution in [0.3, 0.4) is 0 Å². The lowest BCUT2D eigenvalue weighted by molar-refractivity contribution is 0.212. The van der Waals surface area contributed by atoms with Crippen LogP contribution in [0.1, 0.15) is 19.1 Å². The van der Waals surface area contributed by atoms with Crippen molar-refractivity contribution in [2.75, 3.05) is 19.7 Å². The molecule has 0 bridgehead atoms. The van der Waals surface area contributed by atoms with Crippen molar-refractivity contribution in [3.63, 3.8) is 0 Å². The second kappa shape index (κ2) is 6.30.